The van der Waals surface area contributed by atoms with Crippen LogP contribution in [0.2, 0.25) is 0 Å². The Labute approximate surface area is 281 Å². The van der Waals surface area contributed by atoms with Crippen molar-refractivity contribution in [2.75, 3.05) is 37.1 Å². The predicted octanol–water partition coefficient (Wildman–Crippen LogP) is 9.51. The molecule has 4 aromatic carbocycles. The van der Waals surface area contributed by atoms with Gasteiger partial charge in [-0.05, 0) is 63.8 Å². The van der Waals surface area contributed by atoms with Crippen molar-refractivity contribution in [3.05, 3.63) is 118 Å². The van der Waals surface area contributed by atoms with Crippen LogP contribution in [-0.2, 0) is 13.5 Å². The van der Waals surface area contributed by atoms with E-state index < -0.39 is 13.5 Å². The molecule has 240 valence electrons. The second-order valence-electron chi connectivity index (χ2n) is 11.3. The van der Waals surface area contributed by atoms with E-state index in [1.807, 2.05) is 47.1 Å². The molecule has 8 heteroatoms. The number of rotatable bonds is 7. The van der Waals surface area contributed by atoms with Crippen LogP contribution in [0.1, 0.15) is 44.5 Å². The van der Waals surface area contributed by atoms with Crippen LogP contribution in [-0.4, -0.2) is 38.1 Å². The molecule has 0 bridgehead atoms. The van der Waals surface area contributed by atoms with Crippen molar-refractivity contribution < 1.29 is 23.0 Å². The molecule has 0 aromatic heterocycles. The largest absolute Gasteiger partial charge is 0.502 e. The molecule has 5 nitrogen and oxygen atoms in total. The number of benzene rings is 4. The topological polar surface area (TPSA) is 37.3 Å². The molecular weight excluding hydrogens is 690 g/mol. The average molecular weight is 733 g/mol. The van der Waals surface area contributed by atoms with E-state index in [2.05, 4.69) is 87.3 Å². The molecule has 1 aliphatic heterocycles. The SMILES string of the molecule is COc1ccc(N=Cc2ccc(OC)cc2[CH]=[Ru]([Cl])[Cl])cc1.Cc1cc(C)c(N2[CH-]N(c3c(C)cc(C)cc3C)CC2)c(C)c1. The van der Waals surface area contributed by atoms with Gasteiger partial charge in [0.2, 0.25) is 0 Å². The van der Waals surface area contributed by atoms with Gasteiger partial charge in [-0.3, -0.25) is 0 Å². The number of nitrogens with zero attached hydrogens (tertiary/aromatic N) is 3. The average Bonchev–Trinajstić information content (AvgIpc) is 3.44. The number of hydrogen-bond donors (Lipinski definition) is 0. The Morgan fingerprint density at radius 1 is 0.667 bits per heavy atom. The summed E-state index contributed by atoms with van der Waals surface area (Å²) in [6.07, 6.45) is 1.79. The number of aliphatic imine (C=N–C) groups is 1. The van der Waals surface area contributed by atoms with E-state index in [9.17, 15) is 0 Å². The van der Waals surface area contributed by atoms with Gasteiger partial charge in [0.05, 0.1) is 0 Å². The summed E-state index contributed by atoms with van der Waals surface area (Å²) in [6.45, 7) is 17.6. The van der Waals surface area contributed by atoms with E-state index >= 15 is 0 Å². The fraction of sp³-hybridized carbons (Fsp3) is 0.270. The first-order valence-corrected chi connectivity index (χ1v) is 20.2. The number of hydrogen-bond acceptors (Lipinski definition) is 5. The summed E-state index contributed by atoms with van der Waals surface area (Å²) in [7, 11) is 15.2. The monoisotopic (exact) mass is 732 g/mol. The van der Waals surface area contributed by atoms with Gasteiger partial charge in [0.1, 0.15) is 0 Å². The molecule has 0 atom stereocenters. The Hall–Kier alpha value is -3.18. The van der Waals surface area contributed by atoms with E-state index in [1.165, 1.54) is 44.8 Å². The van der Waals surface area contributed by atoms with Gasteiger partial charge in [-0.1, -0.05) is 35.4 Å². The van der Waals surface area contributed by atoms with Crippen molar-refractivity contribution in [2.45, 2.75) is 41.5 Å². The van der Waals surface area contributed by atoms with Gasteiger partial charge in [0, 0.05) is 24.5 Å². The number of methoxy groups -OCH3 is 2. The van der Waals surface area contributed by atoms with Crippen LogP contribution in [0.4, 0.5) is 17.1 Å². The van der Waals surface area contributed by atoms with E-state index in [-0.39, 0.29) is 0 Å². The second-order valence-corrected chi connectivity index (χ2v) is 17.0. The minimum atomic E-state index is -1.92. The van der Waals surface area contributed by atoms with Crippen molar-refractivity contribution in [2.24, 2.45) is 4.99 Å². The maximum atomic E-state index is 5.98. The second kappa shape index (κ2) is 15.9. The Kier molecular flexibility index (Phi) is 12.3. The zero-order valence-corrected chi connectivity index (χ0v) is 30.5. The van der Waals surface area contributed by atoms with Crippen LogP contribution in [0.5, 0.6) is 11.5 Å². The summed E-state index contributed by atoms with van der Waals surface area (Å²) in [4.78, 5) is 9.27. The van der Waals surface area contributed by atoms with E-state index in [0.29, 0.717) is 0 Å². The molecule has 5 rings (SSSR count). The summed E-state index contributed by atoms with van der Waals surface area (Å²) >= 11 is -1.92. The Morgan fingerprint density at radius 3 is 1.58 bits per heavy atom. The van der Waals surface area contributed by atoms with Crippen LogP contribution in [0, 0.1) is 48.2 Å². The van der Waals surface area contributed by atoms with Crippen LogP contribution in [0.25, 0.3) is 0 Å². The molecule has 0 radical (unpaired) electrons. The first-order chi connectivity index (χ1) is 21.5. The third kappa shape index (κ3) is 9.19. The van der Waals surface area contributed by atoms with E-state index in [4.69, 9.17) is 28.9 Å². The van der Waals surface area contributed by atoms with Crippen molar-refractivity contribution in [3.8, 4) is 11.5 Å². The van der Waals surface area contributed by atoms with Crippen LogP contribution < -0.4 is 19.3 Å². The molecule has 0 N–H and O–H groups in total. The van der Waals surface area contributed by atoms with Crippen molar-refractivity contribution in [3.63, 3.8) is 0 Å². The van der Waals surface area contributed by atoms with Gasteiger partial charge in [0.15, 0.2) is 0 Å². The Balaban J connectivity index is 0.000000205. The summed E-state index contributed by atoms with van der Waals surface area (Å²) in [6, 6.07) is 22.4. The van der Waals surface area contributed by atoms with Crippen LogP contribution in [0.3, 0.4) is 0 Å². The fourth-order valence-corrected chi connectivity index (χ4v) is 7.70. The maximum absolute atomic E-state index is 5.98. The molecule has 0 aliphatic carbocycles. The molecule has 45 heavy (non-hydrogen) atoms. The predicted molar refractivity (Wildman–Crippen MR) is 190 cm³/mol. The first kappa shape index (κ1) is 34.7. The first-order valence-electron chi connectivity index (χ1n) is 14.7. The van der Waals surface area contributed by atoms with Gasteiger partial charge < -0.3 is 9.80 Å². The zero-order valence-electron chi connectivity index (χ0n) is 27.3. The Morgan fingerprint density at radius 2 is 1.13 bits per heavy atom. The molecule has 0 spiro atoms. The van der Waals surface area contributed by atoms with E-state index in [0.717, 1.165) is 41.4 Å². The van der Waals surface area contributed by atoms with Crippen molar-refractivity contribution >= 4 is 47.3 Å². The quantitative estimate of drug-likeness (QED) is 0.108. The van der Waals surface area contributed by atoms with Crippen molar-refractivity contribution in [1.29, 1.82) is 0 Å². The minimum absolute atomic E-state index is 0.761. The standard InChI is InChI=1S/C21H27N2.C16H15NO2.2ClH.Ru/c1-14-9-16(3)20(17(4)10-14)22-7-8-23(13-22)21-18(5)11-15(2)12-19(21)6;1-12-10-16(19-3)7-4-13(12)11-17-14-5-8-15(18-2)9-6-14;;;/h9-13H,7-8H2,1-6H3;1,4-11H,2-3H3;2*1H;/q-1;;;;+2/p-2. The molecular formula is C37H42Cl2N3O2Ru-. The van der Waals surface area contributed by atoms with Gasteiger partial charge >= 0.3 is 143 Å². The molecule has 1 saturated heterocycles. The Bertz CT molecular complexity index is 1590. The maximum Gasteiger partial charge on any atom is 0.0146 e. The van der Waals surface area contributed by atoms with Gasteiger partial charge in [-0.25, -0.2) is 0 Å². The molecule has 1 aliphatic rings. The molecule has 0 saturated carbocycles. The fourth-order valence-electron chi connectivity index (χ4n) is 5.87. The summed E-state index contributed by atoms with van der Waals surface area (Å²) in [5, 5.41) is 0. The normalized spacial score (nSPS) is 13.1. The van der Waals surface area contributed by atoms with E-state index in [1.54, 1.807) is 20.4 Å². The third-order valence-corrected chi connectivity index (χ3v) is 9.44. The number of anilines is 2. The number of ether oxygens (including phenoxy) is 2. The number of halogens is 2. The van der Waals surface area contributed by atoms with Gasteiger partial charge in [-0.2, -0.15) is 6.67 Å². The minimum Gasteiger partial charge on any atom is -0.502 e. The van der Waals surface area contributed by atoms with Crippen LogP contribution >= 0.6 is 19.4 Å². The summed E-state index contributed by atoms with van der Waals surface area (Å²) in [5.41, 5.74) is 13.5. The molecule has 1 heterocycles. The van der Waals surface area contributed by atoms with Gasteiger partial charge in [0.25, 0.3) is 0 Å². The molecule has 0 unspecified atom stereocenters. The van der Waals surface area contributed by atoms with Gasteiger partial charge in [-0.15, -0.1) is 0 Å². The smallest absolute Gasteiger partial charge is 0.0146 e. The number of aryl methyl sites for hydroxylation is 6. The molecule has 4 aromatic rings. The summed E-state index contributed by atoms with van der Waals surface area (Å²) < 4.78 is 12.2. The summed E-state index contributed by atoms with van der Waals surface area (Å²) in [5.74, 6) is 1.56. The van der Waals surface area contributed by atoms with Crippen molar-refractivity contribution in [1.82, 2.24) is 0 Å². The van der Waals surface area contributed by atoms with Crippen LogP contribution in [0.15, 0.2) is 71.7 Å². The molecule has 0 amide bonds. The third-order valence-electron chi connectivity index (χ3n) is 7.61. The zero-order chi connectivity index (χ0) is 32.7. The molecule has 1 fully saturated rings.